The maximum atomic E-state index is 12.8. The molecule has 0 bridgehead atoms. The normalized spacial score (nSPS) is 12.3. The first-order valence-electron chi connectivity index (χ1n) is 11.8. The second-order valence-corrected chi connectivity index (χ2v) is 8.94. The Balaban J connectivity index is 2.12. The Bertz CT molecular complexity index is 1310. The second-order valence-electron chi connectivity index (χ2n) is 8.94. The number of H-pyrrole nitrogens is 1. The van der Waals surface area contributed by atoms with E-state index in [2.05, 4.69) is 10.3 Å². The fourth-order valence-corrected chi connectivity index (χ4v) is 4.11. The number of benzene rings is 2. The van der Waals surface area contributed by atoms with E-state index in [9.17, 15) is 19.5 Å². The minimum Gasteiger partial charge on any atom is -0.496 e. The highest BCUT2D eigenvalue weighted by Gasteiger charge is 2.26. The average molecular weight is 492 g/mol. The first kappa shape index (κ1) is 26.5. The fourth-order valence-electron chi connectivity index (χ4n) is 4.11. The van der Waals surface area contributed by atoms with Crippen LogP contribution in [0, 0.1) is 0 Å². The van der Waals surface area contributed by atoms with Crippen molar-refractivity contribution in [2.45, 2.75) is 32.6 Å². The molecule has 0 aliphatic carbocycles. The average Bonchev–Trinajstić information content (AvgIpc) is 3.28. The molecular weight excluding hydrogens is 458 g/mol. The predicted molar refractivity (Wildman–Crippen MR) is 140 cm³/mol. The summed E-state index contributed by atoms with van der Waals surface area (Å²) in [5, 5.41) is 13.2. The van der Waals surface area contributed by atoms with E-state index in [1.54, 1.807) is 27.1 Å². The third-order valence-electron chi connectivity index (χ3n) is 6.12. The molecule has 8 nitrogen and oxygen atoms in total. The number of methoxy groups -OCH3 is 1. The Hall–Kier alpha value is -4.07. The van der Waals surface area contributed by atoms with Gasteiger partial charge >= 0.3 is 5.97 Å². The summed E-state index contributed by atoms with van der Waals surface area (Å²) in [6.45, 7) is 4.40. The van der Waals surface area contributed by atoms with Crippen LogP contribution in [0.25, 0.3) is 17.0 Å². The van der Waals surface area contributed by atoms with E-state index >= 15 is 0 Å². The third kappa shape index (κ3) is 5.94. The van der Waals surface area contributed by atoms with Gasteiger partial charge in [-0.2, -0.15) is 0 Å². The Morgan fingerprint density at radius 3 is 2.53 bits per heavy atom. The summed E-state index contributed by atoms with van der Waals surface area (Å²) >= 11 is 0. The number of carbonyl (C=O) groups is 3. The molecule has 0 saturated carbocycles. The number of nitrogens with one attached hydrogen (secondary N) is 2. The molecule has 0 aliphatic heterocycles. The molecule has 2 aromatic carbocycles. The quantitative estimate of drug-likeness (QED) is 0.364. The van der Waals surface area contributed by atoms with Crippen LogP contribution in [0.1, 0.15) is 59.7 Å². The van der Waals surface area contributed by atoms with Gasteiger partial charge in [-0.3, -0.25) is 9.59 Å². The Kier molecular flexibility index (Phi) is 8.53. The first-order chi connectivity index (χ1) is 17.2. The highest BCUT2D eigenvalue weighted by molar-refractivity contribution is 5.98. The number of amides is 2. The largest absolute Gasteiger partial charge is 0.496 e. The van der Waals surface area contributed by atoms with Crippen LogP contribution in [-0.4, -0.2) is 60.5 Å². The van der Waals surface area contributed by atoms with Crippen LogP contribution in [0.15, 0.2) is 48.2 Å². The SMILES string of the molecule is CCCNC(=O)C(C)=Cc1ccc2[nH]cc(C(CC(=O)N(C)C)c3ccc(C(=O)O)cc3OC)c2c1. The van der Waals surface area contributed by atoms with Crippen LogP contribution in [0.4, 0.5) is 0 Å². The van der Waals surface area contributed by atoms with Crippen molar-refractivity contribution in [1.29, 1.82) is 0 Å². The number of carboxylic acid groups (broad SMARTS) is 1. The predicted octanol–water partition coefficient (Wildman–Crippen LogP) is 4.41. The third-order valence-corrected chi connectivity index (χ3v) is 6.12. The summed E-state index contributed by atoms with van der Waals surface area (Å²) in [5.41, 5.74) is 4.05. The monoisotopic (exact) mass is 491 g/mol. The molecule has 0 spiro atoms. The van der Waals surface area contributed by atoms with Gasteiger partial charge in [0.05, 0.1) is 12.7 Å². The van der Waals surface area contributed by atoms with Crippen molar-refractivity contribution in [1.82, 2.24) is 15.2 Å². The summed E-state index contributed by atoms with van der Waals surface area (Å²) in [5.74, 6) is -1.22. The van der Waals surface area contributed by atoms with Gasteiger partial charge in [-0.1, -0.05) is 19.1 Å². The van der Waals surface area contributed by atoms with Crippen molar-refractivity contribution in [3.63, 3.8) is 0 Å². The summed E-state index contributed by atoms with van der Waals surface area (Å²) in [7, 11) is 4.89. The summed E-state index contributed by atoms with van der Waals surface area (Å²) in [6, 6.07) is 10.6. The van der Waals surface area contributed by atoms with Gasteiger partial charge in [0.25, 0.3) is 0 Å². The van der Waals surface area contributed by atoms with Crippen LogP contribution in [0.5, 0.6) is 5.75 Å². The topological polar surface area (TPSA) is 112 Å². The van der Waals surface area contributed by atoms with E-state index < -0.39 is 5.97 Å². The molecule has 0 aliphatic rings. The van der Waals surface area contributed by atoms with Gasteiger partial charge < -0.3 is 25.0 Å². The number of hydrogen-bond donors (Lipinski definition) is 3. The molecule has 3 aromatic rings. The minimum absolute atomic E-state index is 0.0711. The molecule has 0 saturated heterocycles. The number of ether oxygens (including phenoxy) is 1. The summed E-state index contributed by atoms with van der Waals surface area (Å²) < 4.78 is 5.55. The smallest absolute Gasteiger partial charge is 0.335 e. The number of carbonyl (C=O) groups excluding carboxylic acids is 2. The molecule has 1 unspecified atom stereocenters. The van der Waals surface area contributed by atoms with Gasteiger partial charge in [-0.25, -0.2) is 4.79 Å². The molecule has 1 atom stereocenters. The molecule has 3 N–H and O–H groups in total. The zero-order valence-corrected chi connectivity index (χ0v) is 21.3. The van der Waals surface area contributed by atoms with Gasteiger partial charge in [0.1, 0.15) is 5.75 Å². The zero-order chi connectivity index (χ0) is 26.4. The van der Waals surface area contributed by atoms with Crippen molar-refractivity contribution in [2.75, 3.05) is 27.7 Å². The minimum atomic E-state index is -1.05. The molecule has 1 heterocycles. The molecule has 36 heavy (non-hydrogen) atoms. The number of hydrogen-bond acceptors (Lipinski definition) is 4. The molecule has 1 aromatic heterocycles. The van der Waals surface area contributed by atoms with E-state index in [-0.39, 0.29) is 29.7 Å². The number of fused-ring (bicyclic) bond motifs is 1. The maximum absolute atomic E-state index is 12.8. The highest BCUT2D eigenvalue weighted by Crippen LogP contribution is 2.39. The lowest BCUT2D eigenvalue weighted by atomic mass is 9.86. The van der Waals surface area contributed by atoms with Gasteiger partial charge in [0.2, 0.25) is 11.8 Å². The Labute approximate surface area is 211 Å². The Morgan fingerprint density at radius 1 is 1.14 bits per heavy atom. The number of rotatable bonds is 10. The van der Waals surface area contributed by atoms with Crippen molar-refractivity contribution < 1.29 is 24.2 Å². The van der Waals surface area contributed by atoms with E-state index in [1.807, 2.05) is 37.4 Å². The van der Waals surface area contributed by atoms with E-state index in [1.165, 1.54) is 24.1 Å². The second kappa shape index (κ2) is 11.6. The molecular formula is C28H33N3O5. The van der Waals surface area contributed by atoms with Crippen LogP contribution in [0.2, 0.25) is 0 Å². The van der Waals surface area contributed by atoms with Gasteiger partial charge in [0.15, 0.2) is 0 Å². The van der Waals surface area contributed by atoms with Crippen molar-refractivity contribution in [2.24, 2.45) is 0 Å². The van der Waals surface area contributed by atoms with Crippen LogP contribution < -0.4 is 10.1 Å². The van der Waals surface area contributed by atoms with E-state index in [0.717, 1.165) is 34.0 Å². The highest BCUT2D eigenvalue weighted by atomic mass is 16.5. The van der Waals surface area contributed by atoms with E-state index in [4.69, 9.17) is 4.74 Å². The zero-order valence-electron chi connectivity index (χ0n) is 21.3. The van der Waals surface area contributed by atoms with Gasteiger partial charge in [-0.05, 0) is 54.8 Å². The summed E-state index contributed by atoms with van der Waals surface area (Å²) in [4.78, 5) is 41.5. The number of nitrogens with zero attached hydrogens (tertiary/aromatic N) is 1. The first-order valence-corrected chi connectivity index (χ1v) is 11.8. The van der Waals surface area contributed by atoms with Crippen LogP contribution in [0.3, 0.4) is 0 Å². The molecule has 0 radical (unpaired) electrons. The number of carboxylic acids is 1. The van der Waals surface area contributed by atoms with Crippen molar-refractivity contribution >= 4 is 34.8 Å². The Morgan fingerprint density at radius 2 is 1.89 bits per heavy atom. The number of aromatic amines is 1. The standard InChI is InChI=1S/C28H33N3O5/c1-6-11-29-27(33)17(2)12-18-7-10-24-22(13-18)23(16-30-24)21(15-26(32)31(3)4)20-9-8-19(28(34)35)14-25(20)36-5/h7-10,12-14,16,21,30H,6,11,15H2,1-5H3,(H,29,33)(H,34,35). The lowest BCUT2D eigenvalue weighted by Crippen LogP contribution is -2.24. The lowest BCUT2D eigenvalue weighted by molar-refractivity contribution is -0.128. The summed E-state index contributed by atoms with van der Waals surface area (Å²) in [6.07, 6.45) is 4.74. The van der Waals surface area contributed by atoms with Gasteiger partial charge in [0, 0.05) is 61.2 Å². The molecule has 0 fully saturated rings. The number of aromatic carboxylic acids is 1. The maximum Gasteiger partial charge on any atom is 0.335 e. The van der Waals surface area contributed by atoms with Crippen LogP contribution >= 0.6 is 0 Å². The molecule has 8 heteroatoms. The van der Waals surface area contributed by atoms with E-state index in [0.29, 0.717) is 17.9 Å². The number of aromatic nitrogens is 1. The van der Waals surface area contributed by atoms with Crippen molar-refractivity contribution in [3.05, 3.63) is 70.4 Å². The van der Waals surface area contributed by atoms with Crippen LogP contribution in [-0.2, 0) is 9.59 Å². The molecule has 2 amide bonds. The molecule has 190 valence electrons. The molecule has 3 rings (SSSR count). The fraction of sp³-hybridized carbons (Fsp3) is 0.321. The van der Waals surface area contributed by atoms with Gasteiger partial charge in [-0.15, -0.1) is 0 Å². The lowest BCUT2D eigenvalue weighted by Gasteiger charge is -2.22. The van der Waals surface area contributed by atoms with Crippen molar-refractivity contribution in [3.8, 4) is 5.75 Å².